The lowest BCUT2D eigenvalue weighted by Gasteiger charge is -2.30. The van der Waals surface area contributed by atoms with Crippen molar-refractivity contribution in [3.63, 3.8) is 0 Å². The average Bonchev–Trinajstić information content (AvgIpc) is 3.46. The van der Waals surface area contributed by atoms with Crippen molar-refractivity contribution in [2.75, 3.05) is 0 Å². The number of fused-ring (bicyclic) bond motifs is 6. The van der Waals surface area contributed by atoms with E-state index in [9.17, 15) is 10.5 Å². The first-order valence-electron chi connectivity index (χ1n) is 15.1. The summed E-state index contributed by atoms with van der Waals surface area (Å²) in [6, 6.07) is 32.9. The highest BCUT2D eigenvalue weighted by atomic mass is 15.0. The molecule has 0 unspecified atom stereocenters. The minimum Gasteiger partial charge on any atom is -0.308 e. The third kappa shape index (κ3) is 3.95. The van der Waals surface area contributed by atoms with Gasteiger partial charge in [0, 0.05) is 27.1 Å². The third-order valence-electron chi connectivity index (χ3n) is 8.86. The van der Waals surface area contributed by atoms with Crippen LogP contribution in [0.3, 0.4) is 0 Å². The van der Waals surface area contributed by atoms with Crippen molar-refractivity contribution in [2.45, 2.75) is 53.9 Å². The van der Waals surface area contributed by atoms with Crippen LogP contribution in [0.25, 0.3) is 55.0 Å². The molecule has 7 rings (SSSR count). The minimum atomic E-state index is -0.431. The Balaban J connectivity index is 1.76. The SMILES string of the molecule is Cc1ccc2c(c1)c1cc(C)ccc1n2-c1c(C#N)cc(C#N)c(-n2c3ccc(C)cc3c3cc(C)ccc32)c1C(C)(C)C. The van der Waals surface area contributed by atoms with Crippen LogP contribution < -0.4 is 0 Å². The van der Waals surface area contributed by atoms with Crippen LogP contribution in [0.1, 0.15) is 59.7 Å². The van der Waals surface area contributed by atoms with Gasteiger partial charge in [-0.3, -0.25) is 0 Å². The van der Waals surface area contributed by atoms with Crippen molar-refractivity contribution in [3.05, 3.63) is 118 Å². The Kier molecular flexibility index (Phi) is 6.00. The molecule has 44 heavy (non-hydrogen) atoms. The number of aromatic nitrogens is 2. The fraction of sp³-hybridized carbons (Fsp3) is 0.200. The minimum absolute atomic E-state index is 0.431. The first kappa shape index (κ1) is 27.5. The summed E-state index contributed by atoms with van der Waals surface area (Å²) in [4.78, 5) is 0. The molecule has 0 atom stereocenters. The van der Waals surface area contributed by atoms with Gasteiger partial charge in [-0.2, -0.15) is 10.5 Å². The molecule has 2 aromatic heterocycles. The zero-order chi connectivity index (χ0) is 31.1. The molecule has 0 fully saturated rings. The molecule has 4 nitrogen and oxygen atoms in total. The van der Waals surface area contributed by atoms with Gasteiger partial charge in [-0.25, -0.2) is 0 Å². The van der Waals surface area contributed by atoms with Gasteiger partial charge in [0.1, 0.15) is 12.1 Å². The van der Waals surface area contributed by atoms with Crippen LogP contribution in [0.2, 0.25) is 0 Å². The van der Waals surface area contributed by atoms with Crippen LogP contribution in [-0.2, 0) is 5.41 Å². The lowest BCUT2D eigenvalue weighted by atomic mass is 9.81. The highest BCUT2D eigenvalue weighted by molar-refractivity contribution is 6.11. The Morgan fingerprint density at radius 2 is 0.773 bits per heavy atom. The number of benzene rings is 5. The first-order chi connectivity index (χ1) is 21.0. The van der Waals surface area contributed by atoms with E-state index in [1.165, 1.54) is 22.3 Å². The topological polar surface area (TPSA) is 57.4 Å². The molecule has 0 aliphatic carbocycles. The van der Waals surface area contributed by atoms with E-state index in [4.69, 9.17) is 0 Å². The Morgan fingerprint density at radius 3 is 1.02 bits per heavy atom. The van der Waals surface area contributed by atoms with Gasteiger partial charge in [-0.05, 0) is 87.7 Å². The van der Waals surface area contributed by atoms with E-state index in [-0.39, 0.29) is 0 Å². The highest BCUT2D eigenvalue weighted by Crippen LogP contribution is 2.45. The predicted molar refractivity (Wildman–Crippen MR) is 182 cm³/mol. The van der Waals surface area contributed by atoms with E-state index in [1.807, 2.05) is 0 Å². The Bertz CT molecular complexity index is 2150. The van der Waals surface area contributed by atoms with Gasteiger partial charge in [0.15, 0.2) is 0 Å². The van der Waals surface area contributed by atoms with Gasteiger partial charge >= 0.3 is 0 Å². The normalized spacial score (nSPS) is 11.9. The van der Waals surface area contributed by atoms with Crippen molar-refractivity contribution < 1.29 is 0 Å². The highest BCUT2D eigenvalue weighted by Gasteiger charge is 2.32. The molecule has 0 aliphatic heterocycles. The Hall–Kier alpha value is -5.32. The van der Waals surface area contributed by atoms with Crippen LogP contribution in [0.15, 0.2) is 78.9 Å². The van der Waals surface area contributed by atoms with E-state index in [1.54, 1.807) is 6.07 Å². The Morgan fingerprint density at radius 1 is 0.477 bits per heavy atom. The molecule has 2 heterocycles. The zero-order valence-electron chi connectivity index (χ0n) is 26.3. The summed E-state index contributed by atoms with van der Waals surface area (Å²) in [7, 11) is 0. The van der Waals surface area contributed by atoms with Gasteiger partial charge in [0.25, 0.3) is 0 Å². The number of hydrogen-bond acceptors (Lipinski definition) is 2. The second-order valence-corrected chi connectivity index (χ2v) is 13.3. The molecule has 4 heteroatoms. The van der Waals surface area contributed by atoms with Gasteiger partial charge in [-0.1, -0.05) is 67.3 Å². The molecule has 0 spiro atoms. The average molecular weight is 571 g/mol. The van der Waals surface area contributed by atoms with Crippen molar-refractivity contribution in [1.82, 2.24) is 9.13 Å². The van der Waals surface area contributed by atoms with Crippen LogP contribution in [0.5, 0.6) is 0 Å². The smallest absolute Gasteiger partial charge is 0.101 e. The molecule has 0 radical (unpaired) electrons. The van der Waals surface area contributed by atoms with Crippen molar-refractivity contribution >= 4 is 43.6 Å². The second-order valence-electron chi connectivity index (χ2n) is 13.3. The third-order valence-corrected chi connectivity index (χ3v) is 8.86. The van der Waals surface area contributed by atoms with Crippen LogP contribution >= 0.6 is 0 Å². The fourth-order valence-electron chi connectivity index (χ4n) is 6.99. The zero-order valence-corrected chi connectivity index (χ0v) is 26.3. The molecule has 0 aliphatic rings. The molecule has 0 bridgehead atoms. The molecule has 0 amide bonds. The van der Waals surface area contributed by atoms with Gasteiger partial charge in [0.2, 0.25) is 0 Å². The monoisotopic (exact) mass is 570 g/mol. The molecule has 0 N–H and O–H groups in total. The Labute approximate surface area is 258 Å². The van der Waals surface area contributed by atoms with Crippen LogP contribution in [0, 0.1) is 50.4 Å². The van der Waals surface area contributed by atoms with Crippen molar-refractivity contribution in [3.8, 4) is 23.5 Å². The molecular weight excluding hydrogens is 536 g/mol. The van der Waals surface area contributed by atoms with E-state index in [2.05, 4.69) is 143 Å². The van der Waals surface area contributed by atoms with E-state index in [0.29, 0.717) is 11.1 Å². The summed E-state index contributed by atoms with van der Waals surface area (Å²) >= 11 is 0. The number of nitriles is 2. The standard InChI is InChI=1S/C40H34N4/c1-23-8-12-33-29(16-23)30-17-24(2)9-13-34(30)43(33)38-27(21-41)20-28(22-42)39(37(38)40(5,6)7)44-35-14-10-25(3)18-31(35)32-19-26(4)11-15-36(32)44/h8-20H,1-7H3. The van der Waals surface area contributed by atoms with E-state index >= 15 is 0 Å². The molecule has 5 aromatic carbocycles. The maximum atomic E-state index is 10.7. The van der Waals surface area contributed by atoms with Gasteiger partial charge < -0.3 is 9.13 Å². The summed E-state index contributed by atoms with van der Waals surface area (Å²) in [6.07, 6.45) is 0. The van der Waals surface area contributed by atoms with Gasteiger partial charge in [-0.15, -0.1) is 0 Å². The molecular formula is C40H34N4. The van der Waals surface area contributed by atoms with Crippen molar-refractivity contribution in [2.24, 2.45) is 0 Å². The second kappa shape index (κ2) is 9.60. The lowest BCUT2D eigenvalue weighted by Crippen LogP contribution is -2.21. The van der Waals surface area contributed by atoms with Crippen molar-refractivity contribution in [1.29, 1.82) is 10.5 Å². The lowest BCUT2D eigenvalue weighted by molar-refractivity contribution is 0.584. The van der Waals surface area contributed by atoms with Gasteiger partial charge in [0.05, 0.1) is 44.6 Å². The molecule has 0 saturated heterocycles. The number of nitrogens with zero attached hydrogens (tertiary/aromatic N) is 4. The van der Waals surface area contributed by atoms with Crippen LogP contribution in [-0.4, -0.2) is 9.13 Å². The number of rotatable bonds is 2. The quantitative estimate of drug-likeness (QED) is 0.208. The molecule has 7 aromatic rings. The number of aryl methyl sites for hydroxylation is 4. The molecule has 214 valence electrons. The summed E-state index contributed by atoms with van der Waals surface area (Å²) in [5.41, 5.74) is 12.1. The van der Waals surface area contributed by atoms with E-state index in [0.717, 1.165) is 60.5 Å². The van der Waals surface area contributed by atoms with Crippen LogP contribution in [0.4, 0.5) is 0 Å². The maximum absolute atomic E-state index is 10.7. The predicted octanol–water partition coefficient (Wildman–Crippen LogP) is 10.2. The molecule has 0 saturated carbocycles. The summed E-state index contributed by atoms with van der Waals surface area (Å²) < 4.78 is 4.52. The maximum Gasteiger partial charge on any atom is 0.101 e. The fourth-order valence-corrected chi connectivity index (χ4v) is 6.99. The summed E-state index contributed by atoms with van der Waals surface area (Å²) in [5.74, 6) is 0. The largest absolute Gasteiger partial charge is 0.308 e. The summed E-state index contributed by atoms with van der Waals surface area (Å²) in [6.45, 7) is 15.0. The summed E-state index contributed by atoms with van der Waals surface area (Å²) in [5, 5.41) is 26.0. The number of hydrogen-bond donors (Lipinski definition) is 0. The first-order valence-corrected chi connectivity index (χ1v) is 15.1. The van der Waals surface area contributed by atoms with E-state index < -0.39 is 5.41 Å².